The second-order valence-electron chi connectivity index (χ2n) is 3.95. The van der Waals surface area contributed by atoms with Crippen molar-refractivity contribution in [1.82, 2.24) is 5.32 Å². The number of ether oxygens (including phenoxy) is 1. The summed E-state index contributed by atoms with van der Waals surface area (Å²) < 4.78 is 5.54. The molecular formula is C13H18N2O. The molecule has 0 unspecified atom stereocenters. The highest BCUT2D eigenvalue weighted by atomic mass is 16.5. The lowest BCUT2D eigenvalue weighted by atomic mass is 10.2. The molecule has 1 N–H and O–H groups in total. The number of hydrogen-bond acceptors (Lipinski definition) is 3. The minimum absolute atomic E-state index is 0.523. The molecule has 16 heavy (non-hydrogen) atoms. The number of hydrogen-bond donors (Lipinski definition) is 1. The van der Waals surface area contributed by atoms with Crippen LogP contribution >= 0.6 is 0 Å². The van der Waals surface area contributed by atoms with Crippen molar-refractivity contribution in [2.24, 2.45) is 0 Å². The van der Waals surface area contributed by atoms with Gasteiger partial charge in [0.2, 0.25) is 0 Å². The summed E-state index contributed by atoms with van der Waals surface area (Å²) in [6.45, 7) is 5.92. The third kappa shape index (κ3) is 4.81. The Hall–Kier alpha value is -1.53. The van der Waals surface area contributed by atoms with Gasteiger partial charge in [-0.25, -0.2) is 0 Å². The van der Waals surface area contributed by atoms with Crippen LogP contribution in [0.3, 0.4) is 0 Å². The SMILES string of the molecule is CC(C)NCCCOc1ccc(C#N)cc1. The molecule has 0 aromatic heterocycles. The van der Waals surface area contributed by atoms with E-state index in [0.717, 1.165) is 18.7 Å². The van der Waals surface area contributed by atoms with Crippen molar-refractivity contribution in [3.63, 3.8) is 0 Å². The molecule has 0 aliphatic heterocycles. The molecule has 0 amide bonds. The molecule has 0 atom stereocenters. The van der Waals surface area contributed by atoms with Crippen LogP contribution in [0.25, 0.3) is 0 Å². The van der Waals surface area contributed by atoms with Gasteiger partial charge in [0, 0.05) is 6.04 Å². The van der Waals surface area contributed by atoms with E-state index in [4.69, 9.17) is 10.00 Å². The number of nitrogens with zero attached hydrogens (tertiary/aromatic N) is 1. The monoisotopic (exact) mass is 218 g/mol. The molecule has 0 spiro atoms. The van der Waals surface area contributed by atoms with Gasteiger partial charge in [-0.2, -0.15) is 5.26 Å². The minimum atomic E-state index is 0.523. The molecule has 0 bridgehead atoms. The Morgan fingerprint density at radius 2 is 2.00 bits per heavy atom. The van der Waals surface area contributed by atoms with Gasteiger partial charge in [-0.15, -0.1) is 0 Å². The second kappa shape index (κ2) is 6.86. The topological polar surface area (TPSA) is 45.0 Å². The zero-order valence-corrected chi connectivity index (χ0v) is 9.86. The second-order valence-corrected chi connectivity index (χ2v) is 3.95. The van der Waals surface area contributed by atoms with Crippen LogP contribution in [-0.2, 0) is 0 Å². The highest BCUT2D eigenvalue weighted by Gasteiger charge is 1.95. The first kappa shape index (κ1) is 12.5. The van der Waals surface area contributed by atoms with Crippen LogP contribution in [-0.4, -0.2) is 19.2 Å². The van der Waals surface area contributed by atoms with Gasteiger partial charge in [-0.05, 0) is 37.2 Å². The molecule has 3 heteroatoms. The molecule has 0 aliphatic carbocycles. The van der Waals surface area contributed by atoms with Gasteiger partial charge in [-0.3, -0.25) is 0 Å². The lowest BCUT2D eigenvalue weighted by molar-refractivity contribution is 0.306. The van der Waals surface area contributed by atoms with Gasteiger partial charge >= 0.3 is 0 Å². The predicted octanol–water partition coefficient (Wildman–Crippen LogP) is 2.33. The van der Waals surface area contributed by atoms with Gasteiger partial charge in [0.15, 0.2) is 0 Å². The Bertz CT molecular complexity index is 338. The van der Waals surface area contributed by atoms with Crippen molar-refractivity contribution in [2.75, 3.05) is 13.2 Å². The smallest absolute Gasteiger partial charge is 0.119 e. The molecule has 1 aromatic carbocycles. The summed E-state index contributed by atoms with van der Waals surface area (Å²) in [6.07, 6.45) is 0.984. The zero-order valence-electron chi connectivity index (χ0n) is 9.86. The molecule has 0 saturated heterocycles. The molecule has 0 aliphatic rings. The van der Waals surface area contributed by atoms with E-state index < -0.39 is 0 Å². The van der Waals surface area contributed by atoms with E-state index in [0.29, 0.717) is 18.2 Å². The van der Waals surface area contributed by atoms with Crippen LogP contribution < -0.4 is 10.1 Å². The Labute approximate surface area is 97.0 Å². The third-order valence-corrected chi connectivity index (χ3v) is 2.13. The molecule has 86 valence electrons. The van der Waals surface area contributed by atoms with E-state index in [1.807, 2.05) is 12.1 Å². The summed E-state index contributed by atoms with van der Waals surface area (Å²) in [5.74, 6) is 0.823. The maximum Gasteiger partial charge on any atom is 0.119 e. The maximum atomic E-state index is 8.63. The number of nitriles is 1. The lowest BCUT2D eigenvalue weighted by Gasteiger charge is -2.09. The average Bonchev–Trinajstić information content (AvgIpc) is 2.29. The highest BCUT2D eigenvalue weighted by molar-refractivity contribution is 5.34. The summed E-state index contributed by atoms with van der Waals surface area (Å²) in [5, 5.41) is 12.0. The van der Waals surface area contributed by atoms with Crippen molar-refractivity contribution in [1.29, 1.82) is 5.26 Å². The van der Waals surface area contributed by atoms with Gasteiger partial charge in [0.25, 0.3) is 0 Å². The first-order chi connectivity index (χ1) is 7.72. The fourth-order valence-corrected chi connectivity index (χ4v) is 1.28. The van der Waals surface area contributed by atoms with Gasteiger partial charge in [-0.1, -0.05) is 13.8 Å². The third-order valence-electron chi connectivity index (χ3n) is 2.13. The summed E-state index contributed by atoms with van der Waals surface area (Å²) in [4.78, 5) is 0. The normalized spacial score (nSPS) is 10.1. The largest absolute Gasteiger partial charge is 0.494 e. The van der Waals surface area contributed by atoms with Crippen LogP contribution in [0, 0.1) is 11.3 Å². The lowest BCUT2D eigenvalue weighted by Crippen LogP contribution is -2.24. The maximum absolute atomic E-state index is 8.63. The summed E-state index contributed by atoms with van der Waals surface area (Å²) >= 11 is 0. The zero-order chi connectivity index (χ0) is 11.8. The molecule has 0 radical (unpaired) electrons. The first-order valence-corrected chi connectivity index (χ1v) is 5.58. The van der Waals surface area contributed by atoms with Crippen LogP contribution in [0.4, 0.5) is 0 Å². The van der Waals surface area contributed by atoms with Crippen molar-refractivity contribution in [2.45, 2.75) is 26.3 Å². The van der Waals surface area contributed by atoms with Crippen LogP contribution in [0.5, 0.6) is 5.75 Å². The van der Waals surface area contributed by atoms with E-state index in [-0.39, 0.29) is 0 Å². The van der Waals surface area contributed by atoms with E-state index in [1.54, 1.807) is 12.1 Å². The molecule has 0 fully saturated rings. The fourth-order valence-electron chi connectivity index (χ4n) is 1.28. The Morgan fingerprint density at radius 1 is 1.31 bits per heavy atom. The molecule has 0 heterocycles. The fraction of sp³-hybridized carbons (Fsp3) is 0.462. The van der Waals surface area contributed by atoms with Gasteiger partial charge < -0.3 is 10.1 Å². The number of rotatable bonds is 6. The van der Waals surface area contributed by atoms with Crippen LogP contribution in [0.2, 0.25) is 0 Å². The number of nitrogens with one attached hydrogen (secondary N) is 1. The number of benzene rings is 1. The van der Waals surface area contributed by atoms with Crippen molar-refractivity contribution in [3.05, 3.63) is 29.8 Å². The predicted molar refractivity (Wildman–Crippen MR) is 64.4 cm³/mol. The van der Waals surface area contributed by atoms with Gasteiger partial charge in [0.1, 0.15) is 5.75 Å². The summed E-state index contributed by atoms with van der Waals surface area (Å²) in [5.41, 5.74) is 0.661. The minimum Gasteiger partial charge on any atom is -0.494 e. The first-order valence-electron chi connectivity index (χ1n) is 5.58. The van der Waals surface area contributed by atoms with Crippen LogP contribution in [0.15, 0.2) is 24.3 Å². The van der Waals surface area contributed by atoms with E-state index in [2.05, 4.69) is 25.2 Å². The summed E-state index contributed by atoms with van der Waals surface area (Å²) in [6, 6.07) is 9.79. The molecule has 0 saturated carbocycles. The highest BCUT2D eigenvalue weighted by Crippen LogP contribution is 2.11. The van der Waals surface area contributed by atoms with Crippen molar-refractivity contribution >= 4 is 0 Å². The van der Waals surface area contributed by atoms with E-state index in [9.17, 15) is 0 Å². The molecular weight excluding hydrogens is 200 g/mol. The standard InChI is InChI=1S/C13H18N2O/c1-11(2)15-8-3-9-16-13-6-4-12(10-14)5-7-13/h4-7,11,15H,3,8-9H2,1-2H3. The molecule has 3 nitrogen and oxygen atoms in total. The average molecular weight is 218 g/mol. The van der Waals surface area contributed by atoms with Gasteiger partial charge in [0.05, 0.1) is 18.2 Å². The van der Waals surface area contributed by atoms with Crippen molar-refractivity contribution < 1.29 is 4.74 Å². The molecule has 1 rings (SSSR count). The molecule has 1 aromatic rings. The Balaban J connectivity index is 2.20. The van der Waals surface area contributed by atoms with Crippen LogP contribution in [0.1, 0.15) is 25.8 Å². The van der Waals surface area contributed by atoms with E-state index >= 15 is 0 Å². The Morgan fingerprint density at radius 3 is 2.56 bits per heavy atom. The summed E-state index contributed by atoms with van der Waals surface area (Å²) in [7, 11) is 0. The Kier molecular flexibility index (Phi) is 5.38. The quantitative estimate of drug-likeness (QED) is 0.745. The van der Waals surface area contributed by atoms with Crippen molar-refractivity contribution in [3.8, 4) is 11.8 Å². The van der Waals surface area contributed by atoms with E-state index in [1.165, 1.54) is 0 Å².